The lowest BCUT2D eigenvalue weighted by Gasteiger charge is -2.12. The molecule has 2 N–H and O–H groups in total. The number of sulfonamides is 1. The van der Waals surface area contributed by atoms with E-state index in [1.54, 1.807) is 18.2 Å². The van der Waals surface area contributed by atoms with Crippen LogP contribution in [0, 0.1) is 0 Å². The van der Waals surface area contributed by atoms with Gasteiger partial charge in [-0.25, -0.2) is 18.1 Å². The maximum absolute atomic E-state index is 12.5. The molecule has 0 saturated heterocycles. The molecule has 186 valence electrons. The lowest BCUT2D eigenvalue weighted by Crippen LogP contribution is -2.29. The smallest absolute Gasteiger partial charge is 0.265 e. The van der Waals surface area contributed by atoms with Crippen molar-refractivity contribution in [2.75, 3.05) is 11.6 Å². The molecule has 0 saturated carbocycles. The van der Waals surface area contributed by atoms with Gasteiger partial charge in [-0.3, -0.25) is 9.59 Å². The molecule has 4 aromatic rings. The van der Waals surface area contributed by atoms with Crippen molar-refractivity contribution in [2.24, 2.45) is 0 Å². The Hall–Kier alpha value is -3.98. The van der Waals surface area contributed by atoms with Crippen LogP contribution in [0.3, 0.4) is 0 Å². The number of hydrogen-bond donors (Lipinski definition) is 2. The molecule has 0 spiro atoms. The number of carbonyl (C=O) groups excluding carboxylic acids is 2. The van der Waals surface area contributed by atoms with E-state index in [1.807, 2.05) is 53.3 Å². The Morgan fingerprint density at radius 1 is 1.06 bits per heavy atom. The number of carbonyl (C=O) groups is 2. The van der Waals surface area contributed by atoms with Gasteiger partial charge in [-0.05, 0) is 47.4 Å². The van der Waals surface area contributed by atoms with Crippen molar-refractivity contribution in [3.8, 4) is 11.1 Å². The summed E-state index contributed by atoms with van der Waals surface area (Å²) in [6.07, 6.45) is 4.54. The Morgan fingerprint density at radius 2 is 1.81 bits per heavy atom. The van der Waals surface area contributed by atoms with Crippen LogP contribution in [0.15, 0.2) is 66.7 Å². The van der Waals surface area contributed by atoms with E-state index >= 15 is 0 Å². The largest absolute Gasteiger partial charge is 0.329 e. The quantitative estimate of drug-likeness (QED) is 0.312. The van der Waals surface area contributed by atoms with Crippen molar-refractivity contribution in [3.05, 3.63) is 83.7 Å². The summed E-state index contributed by atoms with van der Waals surface area (Å²) in [5, 5.41) is 2.68. The van der Waals surface area contributed by atoms with Crippen molar-refractivity contribution >= 4 is 39.1 Å². The van der Waals surface area contributed by atoms with Gasteiger partial charge in [0.15, 0.2) is 0 Å². The summed E-state index contributed by atoms with van der Waals surface area (Å²) >= 11 is 0. The van der Waals surface area contributed by atoms with Crippen LogP contribution in [0.25, 0.3) is 22.2 Å². The molecule has 0 aliphatic rings. The number of nitrogens with one attached hydrogen (secondary N) is 2. The summed E-state index contributed by atoms with van der Waals surface area (Å²) in [5.41, 5.74) is 5.33. The van der Waals surface area contributed by atoms with E-state index in [2.05, 4.69) is 16.8 Å². The Morgan fingerprint density at radius 3 is 2.50 bits per heavy atom. The Kier molecular flexibility index (Phi) is 7.49. The molecule has 0 aliphatic heterocycles. The molecule has 0 unspecified atom stereocenters. The Labute approximate surface area is 210 Å². The molecular weight excluding hydrogens is 476 g/mol. The highest BCUT2D eigenvalue weighted by atomic mass is 32.2. The number of imidazole rings is 1. The minimum absolute atomic E-state index is 0.290. The van der Waals surface area contributed by atoms with Gasteiger partial charge in [0.25, 0.3) is 5.91 Å². The van der Waals surface area contributed by atoms with Crippen molar-refractivity contribution in [2.45, 2.75) is 32.7 Å². The second kappa shape index (κ2) is 10.7. The van der Waals surface area contributed by atoms with Gasteiger partial charge in [-0.1, -0.05) is 55.8 Å². The third-order valence-corrected chi connectivity index (χ3v) is 6.42. The molecule has 36 heavy (non-hydrogen) atoms. The van der Waals surface area contributed by atoms with Crippen LogP contribution in [-0.4, -0.2) is 36.5 Å². The van der Waals surface area contributed by atoms with Crippen LogP contribution < -0.4 is 10.0 Å². The van der Waals surface area contributed by atoms with Crippen LogP contribution in [0.4, 0.5) is 5.69 Å². The molecule has 1 aromatic heterocycles. The van der Waals surface area contributed by atoms with Gasteiger partial charge in [0.1, 0.15) is 5.82 Å². The van der Waals surface area contributed by atoms with Gasteiger partial charge in [0.05, 0.1) is 17.3 Å². The standard InChI is InChI=1S/C27H28N4O4S/c1-3-4-9-26-29-24-16-21(28-18-32)14-15-25(24)31(26)17-19-10-12-20(13-11-19)22-7-5-6-8-23(22)27(33)30-36(2,34)35/h5-8,10-16,18H,3-4,9,17H2,1-2H3,(H,28,32)(H,30,33). The molecule has 0 radical (unpaired) electrons. The lowest BCUT2D eigenvalue weighted by molar-refractivity contribution is -0.105. The van der Waals surface area contributed by atoms with Crippen LogP contribution in [-0.2, 0) is 27.8 Å². The number of amides is 2. The molecule has 0 atom stereocenters. The van der Waals surface area contributed by atoms with Gasteiger partial charge in [0, 0.05) is 24.2 Å². The van der Waals surface area contributed by atoms with Crippen molar-refractivity contribution in [3.63, 3.8) is 0 Å². The molecule has 8 nitrogen and oxygen atoms in total. The highest BCUT2D eigenvalue weighted by Gasteiger charge is 2.16. The summed E-state index contributed by atoms with van der Waals surface area (Å²) in [5.74, 6) is 0.327. The van der Waals surface area contributed by atoms with Crippen molar-refractivity contribution in [1.82, 2.24) is 14.3 Å². The van der Waals surface area contributed by atoms with Crippen LogP contribution >= 0.6 is 0 Å². The fourth-order valence-electron chi connectivity index (χ4n) is 4.17. The number of hydrogen-bond acceptors (Lipinski definition) is 5. The molecule has 1 heterocycles. The van der Waals surface area contributed by atoms with Gasteiger partial charge in [0.2, 0.25) is 16.4 Å². The van der Waals surface area contributed by atoms with Crippen LogP contribution in [0.5, 0.6) is 0 Å². The molecule has 3 aromatic carbocycles. The number of unbranched alkanes of at least 4 members (excludes halogenated alkanes) is 1. The van der Waals surface area contributed by atoms with Gasteiger partial charge < -0.3 is 9.88 Å². The minimum atomic E-state index is -3.67. The Bertz CT molecular complexity index is 1510. The minimum Gasteiger partial charge on any atom is -0.329 e. The first-order valence-corrected chi connectivity index (χ1v) is 13.6. The van der Waals surface area contributed by atoms with E-state index in [1.165, 1.54) is 0 Å². The van der Waals surface area contributed by atoms with Gasteiger partial charge in [-0.15, -0.1) is 0 Å². The average Bonchev–Trinajstić information content (AvgIpc) is 3.18. The molecule has 9 heteroatoms. The summed E-state index contributed by atoms with van der Waals surface area (Å²) in [6.45, 7) is 2.76. The average molecular weight is 505 g/mol. The van der Waals surface area contributed by atoms with Crippen molar-refractivity contribution < 1.29 is 18.0 Å². The Balaban J connectivity index is 1.64. The first-order valence-electron chi connectivity index (χ1n) is 11.7. The van der Waals surface area contributed by atoms with E-state index in [9.17, 15) is 18.0 Å². The van der Waals surface area contributed by atoms with E-state index in [0.29, 0.717) is 24.2 Å². The number of nitrogens with zero attached hydrogens (tertiary/aromatic N) is 2. The molecule has 0 aliphatic carbocycles. The first kappa shape index (κ1) is 25.1. The zero-order valence-electron chi connectivity index (χ0n) is 20.2. The van der Waals surface area contributed by atoms with Crippen LogP contribution in [0.1, 0.15) is 41.5 Å². The van der Waals surface area contributed by atoms with E-state index < -0.39 is 15.9 Å². The first-order chi connectivity index (χ1) is 17.3. The second-order valence-electron chi connectivity index (χ2n) is 8.63. The fourth-order valence-corrected chi connectivity index (χ4v) is 4.61. The number of aryl methyl sites for hydroxylation is 1. The number of aromatic nitrogens is 2. The zero-order chi connectivity index (χ0) is 25.7. The summed E-state index contributed by atoms with van der Waals surface area (Å²) in [6, 6.07) is 20.5. The van der Waals surface area contributed by atoms with E-state index in [-0.39, 0.29) is 5.56 Å². The van der Waals surface area contributed by atoms with Crippen LogP contribution in [0.2, 0.25) is 0 Å². The summed E-state index contributed by atoms with van der Waals surface area (Å²) < 4.78 is 27.3. The number of anilines is 1. The van der Waals surface area contributed by atoms with Gasteiger partial charge in [-0.2, -0.15) is 0 Å². The fraction of sp³-hybridized carbons (Fsp3) is 0.222. The zero-order valence-corrected chi connectivity index (χ0v) is 21.0. The van der Waals surface area contributed by atoms with Gasteiger partial charge >= 0.3 is 0 Å². The molecule has 4 rings (SSSR count). The second-order valence-corrected chi connectivity index (χ2v) is 10.4. The summed E-state index contributed by atoms with van der Waals surface area (Å²) in [4.78, 5) is 28.2. The number of benzene rings is 3. The number of rotatable bonds is 10. The highest BCUT2D eigenvalue weighted by Crippen LogP contribution is 2.26. The normalized spacial score (nSPS) is 11.4. The third kappa shape index (κ3) is 5.80. The lowest BCUT2D eigenvalue weighted by atomic mass is 9.98. The predicted molar refractivity (Wildman–Crippen MR) is 141 cm³/mol. The molecule has 0 bridgehead atoms. The third-order valence-electron chi connectivity index (χ3n) is 5.86. The molecule has 2 amide bonds. The van der Waals surface area contributed by atoms with Crippen molar-refractivity contribution in [1.29, 1.82) is 0 Å². The van der Waals surface area contributed by atoms with E-state index in [0.717, 1.165) is 53.5 Å². The highest BCUT2D eigenvalue weighted by molar-refractivity contribution is 7.89. The molecule has 0 fully saturated rings. The topological polar surface area (TPSA) is 110 Å². The molecular formula is C27H28N4O4S. The maximum Gasteiger partial charge on any atom is 0.265 e. The van der Waals surface area contributed by atoms with E-state index in [4.69, 9.17) is 4.98 Å². The monoisotopic (exact) mass is 504 g/mol. The summed E-state index contributed by atoms with van der Waals surface area (Å²) in [7, 11) is -3.67. The maximum atomic E-state index is 12.5. The predicted octanol–water partition coefficient (Wildman–Crippen LogP) is 4.35. The number of fused-ring (bicyclic) bond motifs is 1. The SMILES string of the molecule is CCCCc1nc2cc(NC=O)ccc2n1Cc1ccc(-c2ccccc2C(=O)NS(C)(=O)=O)cc1.